The van der Waals surface area contributed by atoms with Crippen molar-refractivity contribution >= 4 is 33.3 Å². The number of pyridine rings is 2. The van der Waals surface area contributed by atoms with Crippen molar-refractivity contribution in [3.8, 4) is 0 Å². The molecule has 3 rings (SSSR count). The summed E-state index contributed by atoms with van der Waals surface area (Å²) in [6.45, 7) is 6.84. The van der Waals surface area contributed by atoms with Crippen molar-refractivity contribution in [1.82, 2.24) is 14.7 Å². The molecule has 1 saturated heterocycles. The van der Waals surface area contributed by atoms with Gasteiger partial charge in [0.05, 0.1) is 5.56 Å². The Morgan fingerprint density at radius 1 is 1.36 bits per heavy atom. The Balaban J connectivity index is 2.00. The lowest BCUT2D eigenvalue weighted by molar-refractivity contribution is 0.0981. The molecule has 0 radical (unpaired) electrons. The average molecular weight is 425 g/mol. The SMILES string of the molecule is CC1CCN(c2nc(Cl)ccc2C(=O)NS(=O)(=O)c2ccc[nH]c2=O)C1(C)C. The molecule has 1 fully saturated rings. The van der Waals surface area contributed by atoms with Crippen LogP contribution in [0.2, 0.25) is 5.15 Å². The molecular weight excluding hydrogens is 404 g/mol. The van der Waals surface area contributed by atoms with E-state index in [0.29, 0.717) is 18.3 Å². The minimum Gasteiger partial charge on any atom is -0.351 e. The lowest BCUT2D eigenvalue weighted by atomic mass is 9.90. The van der Waals surface area contributed by atoms with Crippen molar-refractivity contribution in [2.45, 2.75) is 37.6 Å². The second-order valence-corrected chi connectivity index (χ2v) is 9.34. The number of rotatable bonds is 4. The predicted molar refractivity (Wildman–Crippen MR) is 106 cm³/mol. The first kappa shape index (κ1) is 20.3. The summed E-state index contributed by atoms with van der Waals surface area (Å²) < 4.78 is 27.0. The van der Waals surface area contributed by atoms with Crippen LogP contribution in [0.4, 0.5) is 5.82 Å². The number of hydrogen-bond donors (Lipinski definition) is 2. The Kier molecular flexibility index (Phi) is 5.24. The molecule has 1 aliphatic rings. The highest BCUT2D eigenvalue weighted by atomic mass is 35.5. The molecule has 2 N–H and O–H groups in total. The Morgan fingerprint density at radius 2 is 2.07 bits per heavy atom. The van der Waals surface area contributed by atoms with Gasteiger partial charge in [0, 0.05) is 18.3 Å². The molecule has 0 aromatic carbocycles. The minimum atomic E-state index is -4.35. The number of aromatic amines is 1. The van der Waals surface area contributed by atoms with E-state index < -0.39 is 26.4 Å². The van der Waals surface area contributed by atoms with E-state index >= 15 is 0 Å². The molecule has 8 nitrogen and oxygen atoms in total. The summed E-state index contributed by atoms with van der Waals surface area (Å²) in [6.07, 6.45) is 2.21. The number of hydrogen-bond acceptors (Lipinski definition) is 6. The third kappa shape index (κ3) is 3.64. The van der Waals surface area contributed by atoms with Crippen molar-refractivity contribution in [3.05, 3.63) is 51.5 Å². The lowest BCUT2D eigenvalue weighted by Gasteiger charge is -2.36. The zero-order valence-corrected chi connectivity index (χ0v) is 17.3. The summed E-state index contributed by atoms with van der Waals surface area (Å²) in [6, 6.07) is 5.35. The van der Waals surface area contributed by atoms with E-state index in [-0.39, 0.29) is 16.3 Å². The van der Waals surface area contributed by atoms with E-state index in [4.69, 9.17) is 11.6 Å². The number of nitrogens with one attached hydrogen (secondary N) is 2. The van der Waals surface area contributed by atoms with Crippen molar-refractivity contribution in [1.29, 1.82) is 0 Å². The molecule has 28 heavy (non-hydrogen) atoms. The summed E-state index contributed by atoms with van der Waals surface area (Å²) in [5, 5.41) is 0.198. The number of halogens is 1. The van der Waals surface area contributed by atoms with Gasteiger partial charge in [0.1, 0.15) is 11.0 Å². The number of nitrogens with zero attached hydrogens (tertiary/aromatic N) is 2. The van der Waals surface area contributed by atoms with Crippen LogP contribution >= 0.6 is 11.6 Å². The molecule has 0 aliphatic carbocycles. The average Bonchev–Trinajstić information content (AvgIpc) is 2.87. The van der Waals surface area contributed by atoms with Crippen molar-refractivity contribution in [2.24, 2.45) is 5.92 Å². The molecule has 3 heterocycles. The van der Waals surface area contributed by atoms with Crippen LogP contribution in [0.15, 0.2) is 40.2 Å². The van der Waals surface area contributed by atoms with Crippen molar-refractivity contribution in [3.63, 3.8) is 0 Å². The molecule has 1 atom stereocenters. The van der Waals surface area contributed by atoms with Crippen LogP contribution in [0.5, 0.6) is 0 Å². The fraction of sp³-hybridized carbons (Fsp3) is 0.389. The molecule has 1 aliphatic heterocycles. The van der Waals surface area contributed by atoms with Gasteiger partial charge < -0.3 is 9.88 Å². The summed E-state index contributed by atoms with van der Waals surface area (Å²) in [7, 11) is -4.35. The van der Waals surface area contributed by atoms with Crippen LogP contribution < -0.4 is 15.2 Å². The molecule has 0 spiro atoms. The largest absolute Gasteiger partial charge is 0.351 e. The normalized spacial score (nSPS) is 18.9. The van der Waals surface area contributed by atoms with Crippen LogP contribution in [-0.4, -0.2) is 36.4 Å². The minimum absolute atomic E-state index is 0.0718. The monoisotopic (exact) mass is 424 g/mol. The van der Waals surface area contributed by atoms with Crippen LogP contribution in [-0.2, 0) is 10.0 Å². The summed E-state index contributed by atoms with van der Waals surface area (Å²) in [4.78, 5) is 32.6. The van der Waals surface area contributed by atoms with Gasteiger partial charge in [0.25, 0.3) is 21.5 Å². The number of sulfonamides is 1. The Labute approximate surface area is 168 Å². The quantitative estimate of drug-likeness (QED) is 0.727. The van der Waals surface area contributed by atoms with Crippen molar-refractivity contribution in [2.75, 3.05) is 11.4 Å². The van der Waals surface area contributed by atoms with Crippen LogP contribution in [0.3, 0.4) is 0 Å². The number of amides is 1. The zero-order valence-electron chi connectivity index (χ0n) is 15.7. The van der Waals surface area contributed by atoms with Gasteiger partial charge in [-0.1, -0.05) is 18.5 Å². The Hall–Kier alpha value is -2.39. The maximum Gasteiger partial charge on any atom is 0.269 e. The van der Waals surface area contributed by atoms with E-state index in [0.717, 1.165) is 12.5 Å². The van der Waals surface area contributed by atoms with Gasteiger partial charge in [-0.25, -0.2) is 18.1 Å². The number of carbonyl (C=O) groups is 1. The zero-order chi connectivity index (χ0) is 20.7. The first-order chi connectivity index (χ1) is 13.0. The maximum absolute atomic E-state index is 12.8. The predicted octanol–water partition coefficient (Wildman–Crippen LogP) is 2.17. The van der Waals surface area contributed by atoms with Gasteiger partial charge in [-0.15, -0.1) is 0 Å². The first-order valence-corrected chi connectivity index (χ1v) is 10.6. The van der Waals surface area contributed by atoms with Crippen LogP contribution in [0.1, 0.15) is 37.6 Å². The van der Waals surface area contributed by atoms with E-state index in [1.54, 1.807) is 0 Å². The van der Waals surface area contributed by atoms with Gasteiger partial charge in [-0.2, -0.15) is 0 Å². The van der Waals surface area contributed by atoms with Crippen LogP contribution in [0, 0.1) is 5.92 Å². The molecule has 1 unspecified atom stereocenters. The number of aromatic nitrogens is 2. The fourth-order valence-electron chi connectivity index (χ4n) is 3.27. The van der Waals surface area contributed by atoms with E-state index in [2.05, 4.69) is 16.9 Å². The number of carbonyl (C=O) groups excluding carboxylic acids is 1. The fourth-order valence-corrected chi connectivity index (χ4v) is 4.43. The van der Waals surface area contributed by atoms with E-state index in [1.807, 2.05) is 23.5 Å². The highest BCUT2D eigenvalue weighted by molar-refractivity contribution is 7.90. The van der Waals surface area contributed by atoms with Gasteiger partial charge in [-0.05, 0) is 50.5 Å². The first-order valence-electron chi connectivity index (χ1n) is 8.73. The Bertz CT molecular complexity index is 1080. The van der Waals surface area contributed by atoms with Gasteiger partial charge in [0.2, 0.25) is 0 Å². The summed E-state index contributed by atoms with van der Waals surface area (Å²) >= 11 is 6.05. The van der Waals surface area contributed by atoms with Crippen molar-refractivity contribution < 1.29 is 13.2 Å². The smallest absolute Gasteiger partial charge is 0.269 e. The molecule has 10 heteroatoms. The molecule has 1 amide bonds. The molecule has 2 aromatic heterocycles. The number of H-pyrrole nitrogens is 1. The summed E-state index contributed by atoms with van der Waals surface area (Å²) in [5.41, 5.74) is -1.03. The topological polar surface area (TPSA) is 112 Å². The van der Waals surface area contributed by atoms with Gasteiger partial charge in [0.15, 0.2) is 4.90 Å². The highest BCUT2D eigenvalue weighted by Crippen LogP contribution is 2.38. The Morgan fingerprint density at radius 3 is 2.68 bits per heavy atom. The standard InChI is InChI=1S/C18H21ClN4O4S/c1-11-8-10-23(18(11,2)3)15-12(6-7-14(19)21-15)16(24)22-28(26,27)13-5-4-9-20-17(13)25/h4-7,9,11H,8,10H2,1-3H3,(H,20,25)(H,22,24). The summed E-state index contributed by atoms with van der Waals surface area (Å²) in [5.74, 6) is -0.218. The second-order valence-electron chi connectivity index (χ2n) is 7.30. The van der Waals surface area contributed by atoms with Gasteiger partial charge >= 0.3 is 0 Å². The third-order valence-electron chi connectivity index (χ3n) is 5.33. The molecule has 0 saturated carbocycles. The van der Waals surface area contributed by atoms with Gasteiger partial charge in [-0.3, -0.25) is 9.59 Å². The molecular formula is C18H21ClN4O4S. The lowest BCUT2D eigenvalue weighted by Crippen LogP contribution is -2.44. The third-order valence-corrected chi connectivity index (χ3v) is 6.89. The molecule has 150 valence electrons. The highest BCUT2D eigenvalue weighted by Gasteiger charge is 2.41. The molecule has 0 bridgehead atoms. The number of anilines is 1. The molecule has 2 aromatic rings. The van der Waals surface area contributed by atoms with E-state index in [9.17, 15) is 18.0 Å². The second kappa shape index (κ2) is 7.21. The maximum atomic E-state index is 12.8. The van der Waals surface area contributed by atoms with E-state index in [1.165, 1.54) is 24.4 Å². The van der Waals surface area contributed by atoms with Crippen LogP contribution in [0.25, 0.3) is 0 Å².